The minimum Gasteiger partial charge on any atom is -0.477 e. The largest absolute Gasteiger partial charge is 0.477 e. The molecule has 0 aliphatic carbocycles. The van der Waals surface area contributed by atoms with Crippen molar-refractivity contribution in [2.75, 3.05) is 13.7 Å². The first-order valence-corrected chi connectivity index (χ1v) is 9.84. The first-order chi connectivity index (χ1) is 14.0. The highest BCUT2D eigenvalue weighted by atomic mass is 32.1. The van der Waals surface area contributed by atoms with Crippen LogP contribution >= 0.6 is 11.3 Å². The molecule has 0 aliphatic rings. The highest BCUT2D eigenvalue weighted by molar-refractivity contribution is 7.10. The van der Waals surface area contributed by atoms with Crippen LogP contribution in [-0.4, -0.2) is 45.6 Å². The van der Waals surface area contributed by atoms with Crippen molar-refractivity contribution in [3.63, 3.8) is 0 Å². The SMILES string of the molecule is CCOc1ccc(-n2ncc(C(=O)NC(CC(=O)OC)c3cccs3)c2C)nn1. The number of carbonyl (C=O) groups is 2. The van der Waals surface area contributed by atoms with E-state index in [1.807, 2.05) is 24.4 Å². The van der Waals surface area contributed by atoms with Crippen LogP contribution in [0.25, 0.3) is 5.82 Å². The Morgan fingerprint density at radius 3 is 2.72 bits per heavy atom. The van der Waals surface area contributed by atoms with Gasteiger partial charge in [0.15, 0.2) is 5.82 Å². The van der Waals surface area contributed by atoms with Gasteiger partial charge in [0, 0.05) is 10.9 Å². The van der Waals surface area contributed by atoms with Crippen molar-refractivity contribution in [2.45, 2.75) is 26.3 Å². The van der Waals surface area contributed by atoms with Crippen LogP contribution in [0.15, 0.2) is 35.8 Å². The molecule has 1 atom stereocenters. The summed E-state index contributed by atoms with van der Waals surface area (Å²) in [5.41, 5.74) is 0.982. The average molecular weight is 415 g/mol. The van der Waals surface area contributed by atoms with E-state index in [1.54, 1.807) is 19.1 Å². The first-order valence-electron chi connectivity index (χ1n) is 8.96. The maximum Gasteiger partial charge on any atom is 0.307 e. The van der Waals surface area contributed by atoms with Gasteiger partial charge in [-0.2, -0.15) is 5.10 Å². The number of ether oxygens (including phenoxy) is 2. The van der Waals surface area contributed by atoms with E-state index in [1.165, 1.54) is 29.3 Å². The number of thiophene rings is 1. The Morgan fingerprint density at radius 1 is 1.28 bits per heavy atom. The summed E-state index contributed by atoms with van der Waals surface area (Å²) in [6.07, 6.45) is 1.51. The molecule has 0 saturated heterocycles. The fraction of sp³-hybridized carbons (Fsp3) is 0.316. The zero-order valence-corrected chi connectivity index (χ0v) is 17.1. The average Bonchev–Trinajstić information content (AvgIpc) is 3.38. The molecule has 1 N–H and O–H groups in total. The van der Waals surface area contributed by atoms with Gasteiger partial charge in [0.25, 0.3) is 5.91 Å². The van der Waals surface area contributed by atoms with Gasteiger partial charge in [0.05, 0.1) is 43.6 Å². The van der Waals surface area contributed by atoms with Gasteiger partial charge in [0.1, 0.15) is 0 Å². The number of hydrogen-bond acceptors (Lipinski definition) is 8. The quantitative estimate of drug-likeness (QED) is 0.563. The Labute approximate surface area is 171 Å². The van der Waals surface area contributed by atoms with Gasteiger partial charge in [0.2, 0.25) is 5.88 Å². The van der Waals surface area contributed by atoms with Crippen molar-refractivity contribution in [2.24, 2.45) is 0 Å². The number of amides is 1. The Morgan fingerprint density at radius 2 is 2.10 bits per heavy atom. The summed E-state index contributed by atoms with van der Waals surface area (Å²) < 4.78 is 11.6. The van der Waals surface area contributed by atoms with Crippen molar-refractivity contribution in [1.29, 1.82) is 0 Å². The molecule has 10 heteroatoms. The van der Waals surface area contributed by atoms with Crippen molar-refractivity contribution >= 4 is 23.2 Å². The number of nitrogens with zero attached hydrogens (tertiary/aromatic N) is 4. The van der Waals surface area contributed by atoms with Gasteiger partial charge >= 0.3 is 5.97 Å². The molecule has 0 radical (unpaired) electrons. The standard InChI is InChI=1S/C19H21N5O4S/c1-4-28-17-8-7-16(22-23-17)24-12(2)13(11-20-24)19(26)21-14(10-18(25)27-3)15-6-5-9-29-15/h5-9,11,14H,4,10H2,1-3H3,(H,21,26). The highest BCUT2D eigenvalue weighted by Crippen LogP contribution is 2.23. The number of esters is 1. The van der Waals surface area contributed by atoms with Crippen LogP contribution in [0.4, 0.5) is 0 Å². The third-order valence-corrected chi connectivity index (χ3v) is 5.17. The van der Waals surface area contributed by atoms with E-state index in [-0.39, 0.29) is 12.3 Å². The molecule has 3 aromatic heterocycles. The molecule has 29 heavy (non-hydrogen) atoms. The predicted molar refractivity (Wildman–Crippen MR) is 106 cm³/mol. The van der Waals surface area contributed by atoms with E-state index in [4.69, 9.17) is 9.47 Å². The lowest BCUT2D eigenvalue weighted by atomic mass is 10.1. The maximum absolute atomic E-state index is 12.9. The van der Waals surface area contributed by atoms with Gasteiger partial charge < -0.3 is 14.8 Å². The third kappa shape index (κ3) is 4.77. The van der Waals surface area contributed by atoms with Gasteiger partial charge in [-0.3, -0.25) is 9.59 Å². The van der Waals surface area contributed by atoms with E-state index in [2.05, 4.69) is 20.6 Å². The Hall–Kier alpha value is -3.27. The number of nitrogens with one attached hydrogen (secondary N) is 1. The van der Waals surface area contributed by atoms with Crippen molar-refractivity contribution in [3.05, 3.63) is 52.0 Å². The van der Waals surface area contributed by atoms with Crippen molar-refractivity contribution in [3.8, 4) is 11.7 Å². The molecule has 0 fully saturated rings. The van der Waals surface area contributed by atoms with E-state index in [9.17, 15) is 9.59 Å². The highest BCUT2D eigenvalue weighted by Gasteiger charge is 2.23. The summed E-state index contributed by atoms with van der Waals surface area (Å²) in [4.78, 5) is 25.5. The zero-order valence-electron chi connectivity index (χ0n) is 16.3. The molecule has 1 amide bonds. The number of hydrogen-bond donors (Lipinski definition) is 1. The molecule has 0 bridgehead atoms. The molecule has 0 aliphatic heterocycles. The molecule has 0 saturated carbocycles. The van der Waals surface area contributed by atoms with E-state index < -0.39 is 12.0 Å². The summed E-state index contributed by atoms with van der Waals surface area (Å²) in [7, 11) is 1.32. The van der Waals surface area contributed by atoms with Gasteiger partial charge in [-0.1, -0.05) is 6.07 Å². The lowest BCUT2D eigenvalue weighted by molar-refractivity contribution is -0.141. The number of carbonyl (C=O) groups excluding carboxylic acids is 2. The zero-order chi connectivity index (χ0) is 20.8. The minimum absolute atomic E-state index is 0.0420. The molecule has 9 nitrogen and oxygen atoms in total. The fourth-order valence-corrected chi connectivity index (χ4v) is 3.49. The number of rotatable bonds is 8. The van der Waals surface area contributed by atoms with E-state index >= 15 is 0 Å². The monoisotopic (exact) mass is 415 g/mol. The normalized spacial score (nSPS) is 11.7. The van der Waals surface area contributed by atoms with Crippen LogP contribution in [0.2, 0.25) is 0 Å². The van der Waals surface area contributed by atoms with Gasteiger partial charge in [-0.05, 0) is 31.4 Å². The lowest BCUT2D eigenvalue weighted by Crippen LogP contribution is -2.30. The fourth-order valence-electron chi connectivity index (χ4n) is 2.71. The second kappa shape index (κ2) is 9.28. The Balaban J connectivity index is 1.79. The van der Waals surface area contributed by atoms with Crippen molar-refractivity contribution in [1.82, 2.24) is 25.3 Å². The summed E-state index contributed by atoms with van der Waals surface area (Å²) >= 11 is 1.46. The first kappa shape index (κ1) is 20.5. The van der Waals surface area contributed by atoms with Crippen LogP contribution < -0.4 is 10.1 Å². The molecule has 3 heterocycles. The van der Waals surface area contributed by atoms with Gasteiger partial charge in [-0.25, -0.2) is 4.68 Å². The minimum atomic E-state index is -0.483. The van der Waals surface area contributed by atoms with Crippen LogP contribution in [0.5, 0.6) is 5.88 Å². The second-order valence-corrected chi connectivity index (χ2v) is 7.02. The molecule has 0 spiro atoms. The topological polar surface area (TPSA) is 108 Å². The summed E-state index contributed by atoms with van der Waals surface area (Å²) in [6.45, 7) is 4.12. The van der Waals surface area contributed by atoms with Crippen LogP contribution in [0.1, 0.15) is 40.3 Å². The van der Waals surface area contributed by atoms with Gasteiger partial charge in [-0.15, -0.1) is 21.5 Å². The third-order valence-electron chi connectivity index (χ3n) is 4.18. The molecule has 0 aromatic carbocycles. The summed E-state index contributed by atoms with van der Waals surface area (Å²) in [6, 6.07) is 6.65. The molecular formula is C19H21N5O4S. The second-order valence-electron chi connectivity index (χ2n) is 6.04. The Bertz CT molecular complexity index is 969. The molecule has 3 rings (SSSR count). The lowest BCUT2D eigenvalue weighted by Gasteiger charge is -2.16. The molecular weight excluding hydrogens is 394 g/mol. The smallest absolute Gasteiger partial charge is 0.307 e. The molecule has 3 aromatic rings. The van der Waals surface area contributed by atoms with E-state index in [0.29, 0.717) is 29.6 Å². The predicted octanol–water partition coefficient (Wildman–Crippen LogP) is 2.47. The number of aromatic nitrogens is 4. The summed E-state index contributed by atoms with van der Waals surface area (Å²) in [5, 5.41) is 17.1. The summed E-state index contributed by atoms with van der Waals surface area (Å²) in [5.74, 6) is 0.144. The Kier molecular flexibility index (Phi) is 6.55. The molecule has 152 valence electrons. The van der Waals surface area contributed by atoms with E-state index in [0.717, 1.165) is 4.88 Å². The van der Waals surface area contributed by atoms with Crippen molar-refractivity contribution < 1.29 is 19.1 Å². The maximum atomic E-state index is 12.9. The van der Waals surface area contributed by atoms with Crippen LogP contribution in [0, 0.1) is 6.92 Å². The van der Waals surface area contributed by atoms with Crippen LogP contribution in [-0.2, 0) is 9.53 Å². The molecule has 1 unspecified atom stereocenters. The van der Waals surface area contributed by atoms with Crippen LogP contribution in [0.3, 0.4) is 0 Å². The number of methoxy groups -OCH3 is 1.